The van der Waals surface area contributed by atoms with Gasteiger partial charge < -0.3 is 21.5 Å². The summed E-state index contributed by atoms with van der Waals surface area (Å²) in [6.45, 7) is 12.1. The van der Waals surface area contributed by atoms with Gasteiger partial charge in [0.05, 0.1) is 18.3 Å². The number of allylic oxidation sites excluding steroid dienone is 3. The molecule has 1 unspecified atom stereocenters. The van der Waals surface area contributed by atoms with E-state index in [-0.39, 0.29) is 32.7 Å². The minimum atomic E-state index is -0.397. The topological polar surface area (TPSA) is 97.5 Å². The molecule has 0 saturated heterocycles. The van der Waals surface area contributed by atoms with E-state index in [1.165, 1.54) is 5.39 Å². The van der Waals surface area contributed by atoms with Gasteiger partial charge >= 0.3 is 0 Å². The number of rotatable bonds is 9. The number of hydrogen-bond donors (Lipinski definition) is 3. The first-order valence-corrected chi connectivity index (χ1v) is 11.0. The Morgan fingerprint density at radius 2 is 1.91 bits per heavy atom. The first kappa shape index (κ1) is 29.1. The number of benzene rings is 2. The number of nitrogens with zero attached hydrogens (tertiary/aromatic N) is 1. The van der Waals surface area contributed by atoms with Crippen molar-refractivity contribution in [3.63, 3.8) is 0 Å². The van der Waals surface area contributed by atoms with E-state index in [0.717, 1.165) is 22.9 Å². The van der Waals surface area contributed by atoms with Crippen molar-refractivity contribution in [3.05, 3.63) is 102 Å². The summed E-state index contributed by atoms with van der Waals surface area (Å²) in [7, 11) is 0. The summed E-state index contributed by atoms with van der Waals surface area (Å²) in [5.41, 5.74) is 11.0. The minimum absolute atomic E-state index is 0. The van der Waals surface area contributed by atoms with Crippen LogP contribution in [0.1, 0.15) is 38.4 Å². The number of aliphatic imine (C=N–C) groups is 1. The molecule has 2 aromatic rings. The molecule has 2 aromatic carbocycles. The third kappa shape index (κ3) is 9.12. The van der Waals surface area contributed by atoms with Crippen molar-refractivity contribution < 1.29 is 31.0 Å². The van der Waals surface area contributed by atoms with Gasteiger partial charge in [-0.25, -0.2) is 0 Å². The number of carbonyl (C=O) groups is 1. The van der Waals surface area contributed by atoms with Crippen LogP contribution in [-0.2, 0) is 25.9 Å². The summed E-state index contributed by atoms with van der Waals surface area (Å²) in [4.78, 5) is 15.8. The van der Waals surface area contributed by atoms with Crippen LogP contribution < -0.4 is 10.6 Å². The standard InChI is InChI=1S/C15H21N4O.C12H12O.W/c1-4-11(2)6-5-8-18-15(20)12(3)19-10-14-13(16)7-9-17-14;1-9(13)11-8-4-6-10-5-2-3-7-12(10)11;/h5-6,9,16,19H,2-4,7-8,10H2,1H3,(H,18,20);2-9,13H,1H3;/q-1;;/b6-5+;;. The second kappa shape index (κ2) is 15.0. The first-order valence-electron chi connectivity index (χ1n) is 11.0. The average Bonchev–Trinajstić information content (AvgIpc) is 3.24. The van der Waals surface area contributed by atoms with Crippen LogP contribution in [0, 0.1) is 0 Å². The summed E-state index contributed by atoms with van der Waals surface area (Å²) >= 11 is 0. The Hall–Kier alpha value is -2.95. The van der Waals surface area contributed by atoms with Gasteiger partial charge in [0.2, 0.25) is 0 Å². The van der Waals surface area contributed by atoms with Crippen molar-refractivity contribution in [2.24, 2.45) is 4.99 Å². The molecule has 6 nitrogen and oxygen atoms in total. The molecule has 4 N–H and O–H groups in total. The third-order valence-electron chi connectivity index (χ3n) is 5.10. The number of fused-ring (bicyclic) bond motifs is 1. The van der Waals surface area contributed by atoms with Crippen LogP contribution in [0.15, 0.2) is 95.4 Å². The van der Waals surface area contributed by atoms with Crippen LogP contribution in [0.4, 0.5) is 0 Å². The number of amides is 1. The van der Waals surface area contributed by atoms with E-state index in [9.17, 15) is 9.90 Å². The van der Waals surface area contributed by atoms with Gasteiger partial charge in [-0.05, 0) is 36.1 Å². The number of carbonyl (C=O) groups excluding carboxylic acids is 1. The fourth-order valence-electron chi connectivity index (χ4n) is 3.08. The van der Waals surface area contributed by atoms with E-state index in [0.29, 0.717) is 30.9 Å². The van der Waals surface area contributed by atoms with E-state index in [2.05, 4.69) is 40.9 Å². The smallest absolute Gasteiger partial charge is 0.266 e. The number of hydrogen-bond acceptors (Lipinski definition) is 4. The fourth-order valence-corrected chi connectivity index (χ4v) is 3.08. The van der Waals surface area contributed by atoms with Gasteiger partial charge in [-0.2, -0.15) is 0 Å². The molecular weight excluding hydrogens is 596 g/mol. The van der Waals surface area contributed by atoms with Crippen molar-refractivity contribution >= 4 is 22.9 Å². The molecule has 0 spiro atoms. The van der Waals surface area contributed by atoms with E-state index in [4.69, 9.17) is 5.73 Å². The van der Waals surface area contributed by atoms with Crippen molar-refractivity contribution in [2.75, 3.05) is 13.1 Å². The van der Waals surface area contributed by atoms with Crippen LogP contribution in [0.25, 0.3) is 16.5 Å². The fraction of sp³-hybridized carbons (Fsp3) is 0.259. The van der Waals surface area contributed by atoms with Crippen LogP contribution in [-0.4, -0.2) is 30.3 Å². The second-order valence-electron chi connectivity index (χ2n) is 7.64. The third-order valence-corrected chi connectivity index (χ3v) is 5.10. The monoisotopic (exact) mass is 629 g/mol. The molecule has 3 rings (SSSR count). The maximum atomic E-state index is 11.7. The molecule has 34 heavy (non-hydrogen) atoms. The molecule has 1 amide bonds. The molecule has 1 atom stereocenters. The molecule has 0 radical (unpaired) electrons. The van der Waals surface area contributed by atoms with Crippen LogP contribution in [0.5, 0.6) is 0 Å². The maximum Gasteiger partial charge on any atom is 0.266 e. The minimum Gasteiger partial charge on any atom is -0.700 e. The van der Waals surface area contributed by atoms with E-state index in [1.54, 1.807) is 13.1 Å². The van der Waals surface area contributed by atoms with Gasteiger partial charge in [-0.15, -0.1) is 5.70 Å². The van der Waals surface area contributed by atoms with Gasteiger partial charge in [-0.3, -0.25) is 9.79 Å². The first-order chi connectivity index (χ1) is 15.8. The van der Waals surface area contributed by atoms with Gasteiger partial charge in [0.15, 0.2) is 0 Å². The molecule has 1 aliphatic heterocycles. The molecule has 1 heterocycles. The predicted molar refractivity (Wildman–Crippen MR) is 138 cm³/mol. The summed E-state index contributed by atoms with van der Waals surface area (Å²) in [5, 5.41) is 17.4. The largest absolute Gasteiger partial charge is 0.700 e. The number of aliphatic hydroxyl groups is 1. The van der Waals surface area contributed by atoms with E-state index >= 15 is 0 Å². The SMILES string of the molecule is C=C(/C=C/CNC(=O)C(=C)NCC1=C([NH-])CC=N1)CC.CC(O)c1cccc2ccccc12.[W]. The van der Waals surface area contributed by atoms with Gasteiger partial charge in [0.25, 0.3) is 5.91 Å². The molecule has 0 saturated carbocycles. The molecular formula is C27H33N4O2W-. The van der Waals surface area contributed by atoms with Crippen LogP contribution in [0.2, 0.25) is 0 Å². The molecule has 0 aromatic heterocycles. The second-order valence-corrected chi connectivity index (χ2v) is 7.64. The number of aliphatic hydroxyl groups excluding tert-OH is 1. The Balaban J connectivity index is 0.000000356. The molecule has 1 aliphatic rings. The molecule has 0 aliphatic carbocycles. The summed E-state index contributed by atoms with van der Waals surface area (Å²) in [5.74, 6) is -0.258. The predicted octanol–water partition coefficient (Wildman–Crippen LogP) is 5.36. The quantitative estimate of drug-likeness (QED) is 0.258. The maximum absolute atomic E-state index is 11.7. The summed E-state index contributed by atoms with van der Waals surface area (Å²) in [6, 6.07) is 14.1. The van der Waals surface area contributed by atoms with E-state index < -0.39 is 6.10 Å². The van der Waals surface area contributed by atoms with Crippen molar-refractivity contribution in [1.82, 2.24) is 10.6 Å². The van der Waals surface area contributed by atoms with Crippen LogP contribution in [0.3, 0.4) is 0 Å². The zero-order chi connectivity index (χ0) is 24.2. The summed E-state index contributed by atoms with van der Waals surface area (Å²) < 4.78 is 0. The summed E-state index contributed by atoms with van der Waals surface area (Å²) in [6.07, 6.45) is 6.48. The number of nitrogens with one attached hydrogen (secondary N) is 3. The normalized spacial score (nSPS) is 13.1. The van der Waals surface area contributed by atoms with Gasteiger partial charge in [-0.1, -0.05) is 80.3 Å². The Labute approximate surface area is 216 Å². The molecule has 0 bridgehead atoms. The van der Waals surface area contributed by atoms with Gasteiger partial charge in [0, 0.05) is 39.5 Å². The Morgan fingerprint density at radius 1 is 1.21 bits per heavy atom. The Kier molecular flexibility index (Phi) is 12.9. The van der Waals surface area contributed by atoms with Crippen molar-refractivity contribution in [3.8, 4) is 0 Å². The van der Waals surface area contributed by atoms with Crippen LogP contribution >= 0.6 is 0 Å². The average molecular weight is 629 g/mol. The zero-order valence-corrected chi connectivity index (χ0v) is 22.7. The van der Waals surface area contributed by atoms with Gasteiger partial charge in [0.1, 0.15) is 0 Å². The van der Waals surface area contributed by atoms with E-state index in [1.807, 2.05) is 49.4 Å². The Morgan fingerprint density at radius 3 is 2.56 bits per heavy atom. The molecule has 0 fully saturated rings. The molecule has 7 heteroatoms. The Bertz CT molecular complexity index is 1080. The van der Waals surface area contributed by atoms with Crippen molar-refractivity contribution in [2.45, 2.75) is 32.8 Å². The zero-order valence-electron chi connectivity index (χ0n) is 19.8. The van der Waals surface area contributed by atoms with Crippen molar-refractivity contribution in [1.29, 1.82) is 0 Å². The molecule has 180 valence electrons.